The van der Waals surface area contributed by atoms with E-state index >= 15 is 0 Å². The van der Waals surface area contributed by atoms with E-state index in [9.17, 15) is 22.4 Å². The Morgan fingerprint density at radius 1 is 1.12 bits per heavy atom. The first-order valence-electron chi connectivity index (χ1n) is 8.15. The van der Waals surface area contributed by atoms with E-state index < -0.39 is 17.6 Å². The molecule has 1 aliphatic heterocycles. The largest absolute Gasteiger partial charge is 0.419 e. The lowest BCUT2D eigenvalue weighted by atomic mass is 9.94. The number of halogens is 4. The lowest BCUT2D eigenvalue weighted by Gasteiger charge is -2.28. The number of hydrogen-bond donors (Lipinski definition) is 0. The summed E-state index contributed by atoms with van der Waals surface area (Å²) in [6.07, 6.45) is -2.36. The normalized spacial score (nSPS) is 14.1. The van der Waals surface area contributed by atoms with Crippen LogP contribution in [0.4, 0.5) is 17.6 Å². The first-order chi connectivity index (χ1) is 12.3. The van der Waals surface area contributed by atoms with Crippen molar-refractivity contribution in [2.75, 3.05) is 6.54 Å². The standard InChI is InChI=1S/C20H17F4NO/c1-2-19(26)25-8-7-15-5-3-13(10-16(15)12-25)9-14-4-6-17(18(21)11-14)20(22,23)24/h2-6,10-11H,1,7-9,12H2. The van der Waals surface area contributed by atoms with Crippen LogP contribution in [0.25, 0.3) is 0 Å². The SMILES string of the molecule is C=CC(=O)N1CCc2ccc(Cc3ccc(C(F)(F)F)c(F)c3)cc2C1. The Hall–Kier alpha value is -2.63. The maximum atomic E-state index is 13.7. The van der Waals surface area contributed by atoms with Crippen LogP contribution in [-0.2, 0) is 30.4 Å². The molecule has 2 nitrogen and oxygen atoms in total. The van der Waals surface area contributed by atoms with Crippen LogP contribution in [0.2, 0.25) is 0 Å². The summed E-state index contributed by atoms with van der Waals surface area (Å²) in [4.78, 5) is 13.5. The number of carbonyl (C=O) groups excluding carboxylic acids is 1. The Labute approximate surface area is 148 Å². The van der Waals surface area contributed by atoms with Gasteiger partial charge in [-0.3, -0.25) is 4.79 Å². The highest BCUT2D eigenvalue weighted by atomic mass is 19.4. The second kappa shape index (κ2) is 6.94. The fraction of sp³-hybridized carbons (Fsp3) is 0.250. The minimum absolute atomic E-state index is 0.133. The molecular formula is C20H17F4NO. The minimum Gasteiger partial charge on any atom is -0.335 e. The lowest BCUT2D eigenvalue weighted by Crippen LogP contribution is -2.34. The molecule has 3 rings (SSSR count). The smallest absolute Gasteiger partial charge is 0.335 e. The van der Waals surface area contributed by atoms with Gasteiger partial charge in [0.05, 0.1) is 5.56 Å². The highest BCUT2D eigenvalue weighted by Crippen LogP contribution is 2.32. The summed E-state index contributed by atoms with van der Waals surface area (Å²) in [5, 5.41) is 0. The van der Waals surface area contributed by atoms with Gasteiger partial charge in [-0.25, -0.2) is 4.39 Å². The van der Waals surface area contributed by atoms with Crippen LogP contribution in [0.15, 0.2) is 49.1 Å². The number of carbonyl (C=O) groups is 1. The monoisotopic (exact) mass is 363 g/mol. The van der Waals surface area contributed by atoms with Crippen molar-refractivity contribution in [1.82, 2.24) is 4.90 Å². The summed E-state index contributed by atoms with van der Waals surface area (Å²) in [6.45, 7) is 4.58. The zero-order valence-electron chi connectivity index (χ0n) is 13.9. The molecule has 1 amide bonds. The van der Waals surface area contributed by atoms with E-state index in [0.29, 0.717) is 25.1 Å². The molecule has 0 unspecified atom stereocenters. The third-order valence-electron chi connectivity index (χ3n) is 4.52. The summed E-state index contributed by atoms with van der Waals surface area (Å²) in [5.41, 5.74) is 2.20. The molecule has 1 heterocycles. The van der Waals surface area contributed by atoms with Gasteiger partial charge in [-0.1, -0.05) is 30.8 Å². The van der Waals surface area contributed by atoms with Crippen LogP contribution in [0.3, 0.4) is 0 Å². The fourth-order valence-electron chi connectivity index (χ4n) is 3.17. The van der Waals surface area contributed by atoms with Crippen molar-refractivity contribution in [2.45, 2.75) is 25.6 Å². The van der Waals surface area contributed by atoms with E-state index in [2.05, 4.69) is 6.58 Å². The molecule has 2 aromatic rings. The molecule has 0 saturated heterocycles. The van der Waals surface area contributed by atoms with Crippen LogP contribution in [0.1, 0.15) is 27.8 Å². The fourth-order valence-corrected chi connectivity index (χ4v) is 3.17. The highest BCUT2D eigenvalue weighted by Gasteiger charge is 2.33. The number of amides is 1. The second-order valence-corrected chi connectivity index (χ2v) is 6.31. The molecule has 2 aromatic carbocycles. The third kappa shape index (κ3) is 3.79. The molecule has 0 radical (unpaired) electrons. The van der Waals surface area contributed by atoms with Crippen molar-refractivity contribution in [3.8, 4) is 0 Å². The van der Waals surface area contributed by atoms with E-state index in [0.717, 1.165) is 35.2 Å². The Morgan fingerprint density at radius 3 is 2.46 bits per heavy atom. The third-order valence-corrected chi connectivity index (χ3v) is 4.52. The number of hydrogen-bond acceptors (Lipinski definition) is 1. The molecule has 136 valence electrons. The van der Waals surface area contributed by atoms with Gasteiger partial charge >= 0.3 is 6.18 Å². The molecule has 1 aliphatic rings. The lowest BCUT2D eigenvalue weighted by molar-refractivity contribution is -0.140. The van der Waals surface area contributed by atoms with Gasteiger partial charge in [0.2, 0.25) is 5.91 Å². The minimum atomic E-state index is -4.70. The summed E-state index contributed by atoms with van der Waals surface area (Å²) >= 11 is 0. The van der Waals surface area contributed by atoms with Crippen molar-refractivity contribution >= 4 is 5.91 Å². The number of alkyl halides is 3. The van der Waals surface area contributed by atoms with E-state index in [1.54, 1.807) is 4.90 Å². The van der Waals surface area contributed by atoms with E-state index in [4.69, 9.17) is 0 Å². The van der Waals surface area contributed by atoms with Crippen molar-refractivity contribution in [2.24, 2.45) is 0 Å². The zero-order valence-corrected chi connectivity index (χ0v) is 13.9. The maximum absolute atomic E-state index is 13.7. The van der Waals surface area contributed by atoms with Crippen molar-refractivity contribution < 1.29 is 22.4 Å². The Bertz CT molecular complexity index is 857. The highest BCUT2D eigenvalue weighted by molar-refractivity contribution is 5.87. The van der Waals surface area contributed by atoms with Gasteiger partial charge in [-0.2, -0.15) is 13.2 Å². The average molecular weight is 363 g/mol. The van der Waals surface area contributed by atoms with Crippen molar-refractivity contribution in [3.63, 3.8) is 0 Å². The molecule has 0 fully saturated rings. The van der Waals surface area contributed by atoms with Crippen LogP contribution >= 0.6 is 0 Å². The molecule has 0 aliphatic carbocycles. The topological polar surface area (TPSA) is 20.3 Å². The van der Waals surface area contributed by atoms with Crippen LogP contribution in [0.5, 0.6) is 0 Å². The molecule has 26 heavy (non-hydrogen) atoms. The molecule has 0 atom stereocenters. The number of nitrogens with zero attached hydrogens (tertiary/aromatic N) is 1. The van der Waals surface area contributed by atoms with Gasteiger partial charge in [0.1, 0.15) is 5.82 Å². The summed E-state index contributed by atoms with van der Waals surface area (Å²) in [6, 6.07) is 8.76. The Kier molecular flexibility index (Phi) is 4.85. The molecule has 0 spiro atoms. The molecule has 0 N–H and O–H groups in total. The van der Waals surface area contributed by atoms with Crippen LogP contribution in [-0.4, -0.2) is 17.4 Å². The van der Waals surface area contributed by atoms with Gasteiger partial charge in [-0.05, 0) is 53.3 Å². The number of benzene rings is 2. The molecule has 0 saturated carbocycles. The van der Waals surface area contributed by atoms with Crippen LogP contribution in [0, 0.1) is 5.82 Å². The van der Waals surface area contributed by atoms with Gasteiger partial charge in [-0.15, -0.1) is 0 Å². The number of rotatable bonds is 3. The first-order valence-corrected chi connectivity index (χ1v) is 8.15. The zero-order chi connectivity index (χ0) is 18.9. The van der Waals surface area contributed by atoms with Gasteiger partial charge in [0.25, 0.3) is 0 Å². The maximum Gasteiger partial charge on any atom is 0.419 e. The van der Waals surface area contributed by atoms with Gasteiger partial charge in [0.15, 0.2) is 0 Å². The number of fused-ring (bicyclic) bond motifs is 1. The van der Waals surface area contributed by atoms with Gasteiger partial charge < -0.3 is 4.90 Å². The molecular weight excluding hydrogens is 346 g/mol. The van der Waals surface area contributed by atoms with Crippen molar-refractivity contribution in [3.05, 3.63) is 82.7 Å². The van der Waals surface area contributed by atoms with E-state index in [-0.39, 0.29) is 5.91 Å². The first kappa shape index (κ1) is 18.2. The summed E-state index contributed by atoms with van der Waals surface area (Å²) in [7, 11) is 0. The summed E-state index contributed by atoms with van der Waals surface area (Å²) in [5.74, 6) is -1.40. The summed E-state index contributed by atoms with van der Waals surface area (Å²) < 4.78 is 51.7. The average Bonchev–Trinajstić information content (AvgIpc) is 2.59. The van der Waals surface area contributed by atoms with E-state index in [1.807, 2.05) is 18.2 Å². The Balaban J connectivity index is 1.81. The quantitative estimate of drug-likeness (QED) is 0.581. The second-order valence-electron chi connectivity index (χ2n) is 6.31. The van der Waals surface area contributed by atoms with Crippen LogP contribution < -0.4 is 0 Å². The molecule has 0 aromatic heterocycles. The predicted octanol–water partition coefficient (Wildman–Crippen LogP) is 4.51. The molecule has 6 heteroatoms. The van der Waals surface area contributed by atoms with E-state index in [1.165, 1.54) is 12.1 Å². The van der Waals surface area contributed by atoms with Crippen molar-refractivity contribution in [1.29, 1.82) is 0 Å². The predicted molar refractivity (Wildman–Crippen MR) is 90.0 cm³/mol. The molecule has 0 bridgehead atoms. The Morgan fingerprint density at radius 2 is 1.81 bits per heavy atom. The van der Waals surface area contributed by atoms with Gasteiger partial charge in [0, 0.05) is 13.1 Å².